The zero-order valence-electron chi connectivity index (χ0n) is 13.7. The molecule has 0 saturated heterocycles. The fourth-order valence-corrected chi connectivity index (χ4v) is 1.92. The summed E-state index contributed by atoms with van der Waals surface area (Å²) < 4.78 is 11.0. The van der Waals surface area contributed by atoms with Gasteiger partial charge in [0.05, 0.1) is 18.3 Å². The van der Waals surface area contributed by atoms with Crippen LogP contribution in [-0.4, -0.2) is 30.8 Å². The maximum absolute atomic E-state index is 11.5. The van der Waals surface area contributed by atoms with Crippen LogP contribution >= 0.6 is 0 Å². The summed E-state index contributed by atoms with van der Waals surface area (Å²) in [5.41, 5.74) is 6.08. The molecule has 0 rings (SSSR count). The van der Waals surface area contributed by atoms with Gasteiger partial charge in [-0.1, -0.05) is 13.5 Å². The van der Waals surface area contributed by atoms with Crippen molar-refractivity contribution in [1.29, 1.82) is 0 Å². The molecule has 0 aromatic heterocycles. The lowest BCUT2D eigenvalue weighted by molar-refractivity contribution is -0.138. The average molecular weight is 285 g/mol. The molecule has 0 saturated carbocycles. The summed E-state index contributed by atoms with van der Waals surface area (Å²) in [5, 5.41) is 0. The number of hydrogen-bond donors (Lipinski definition) is 1. The summed E-state index contributed by atoms with van der Waals surface area (Å²) in [7, 11) is 0. The van der Waals surface area contributed by atoms with Gasteiger partial charge >= 0.3 is 5.97 Å². The van der Waals surface area contributed by atoms with Crippen LogP contribution in [0.2, 0.25) is 0 Å². The van der Waals surface area contributed by atoms with Gasteiger partial charge < -0.3 is 15.2 Å². The third kappa shape index (κ3) is 8.33. The first-order chi connectivity index (χ1) is 9.21. The minimum Gasteiger partial charge on any atom is -0.463 e. The fourth-order valence-electron chi connectivity index (χ4n) is 1.92. The van der Waals surface area contributed by atoms with E-state index in [2.05, 4.69) is 13.5 Å². The highest BCUT2D eigenvalue weighted by atomic mass is 16.5. The van der Waals surface area contributed by atoms with Gasteiger partial charge in [0.25, 0.3) is 0 Å². The van der Waals surface area contributed by atoms with Crippen LogP contribution < -0.4 is 5.73 Å². The van der Waals surface area contributed by atoms with Crippen molar-refractivity contribution in [1.82, 2.24) is 0 Å². The molecular weight excluding hydrogens is 254 g/mol. The molecule has 2 atom stereocenters. The standard InChI is InChI=1S/C16H31NO3/c1-7-19-15(18)12(2)9-8-10-14(13(3)11-17)20-16(4,5)6/h13-14H,2,7-11,17H2,1,3-6H3/t13-,14?/m1/s1. The Morgan fingerprint density at radius 3 is 2.40 bits per heavy atom. The van der Waals surface area contributed by atoms with E-state index in [4.69, 9.17) is 15.2 Å². The fraction of sp³-hybridized carbons (Fsp3) is 0.812. The molecular formula is C16H31NO3. The van der Waals surface area contributed by atoms with Gasteiger partial charge in [-0.15, -0.1) is 0 Å². The summed E-state index contributed by atoms with van der Waals surface area (Å²) in [4.78, 5) is 11.5. The smallest absolute Gasteiger partial charge is 0.333 e. The maximum Gasteiger partial charge on any atom is 0.333 e. The second-order valence-electron chi connectivity index (χ2n) is 6.20. The van der Waals surface area contributed by atoms with E-state index < -0.39 is 0 Å². The molecule has 0 aromatic rings. The Kier molecular flexibility index (Phi) is 8.74. The minimum absolute atomic E-state index is 0.106. The first-order valence-electron chi connectivity index (χ1n) is 7.44. The lowest BCUT2D eigenvalue weighted by atomic mass is 9.97. The summed E-state index contributed by atoms with van der Waals surface area (Å²) >= 11 is 0. The van der Waals surface area contributed by atoms with Crippen molar-refractivity contribution >= 4 is 5.97 Å². The molecule has 0 amide bonds. The lowest BCUT2D eigenvalue weighted by Crippen LogP contribution is -2.35. The Bertz CT molecular complexity index is 307. The third-order valence-corrected chi connectivity index (χ3v) is 3.04. The van der Waals surface area contributed by atoms with Crippen LogP contribution in [0.25, 0.3) is 0 Å². The largest absolute Gasteiger partial charge is 0.463 e. The monoisotopic (exact) mass is 285 g/mol. The van der Waals surface area contributed by atoms with Gasteiger partial charge in [-0.25, -0.2) is 4.79 Å². The molecule has 118 valence electrons. The second kappa shape index (κ2) is 9.14. The molecule has 4 nitrogen and oxygen atoms in total. The second-order valence-corrected chi connectivity index (χ2v) is 6.20. The molecule has 0 bridgehead atoms. The Morgan fingerprint density at radius 2 is 1.95 bits per heavy atom. The van der Waals surface area contributed by atoms with E-state index in [0.29, 0.717) is 31.1 Å². The van der Waals surface area contributed by atoms with E-state index in [1.807, 2.05) is 20.8 Å². The van der Waals surface area contributed by atoms with Gasteiger partial charge in [0.15, 0.2) is 0 Å². The molecule has 20 heavy (non-hydrogen) atoms. The SMILES string of the molecule is C=C(CCCC(OC(C)(C)C)[C@H](C)CN)C(=O)OCC. The molecule has 0 spiro atoms. The molecule has 1 unspecified atom stereocenters. The average Bonchev–Trinajstić information content (AvgIpc) is 2.35. The molecule has 0 aliphatic rings. The molecule has 0 aliphatic carbocycles. The van der Waals surface area contributed by atoms with Gasteiger partial charge in [0.1, 0.15) is 0 Å². The van der Waals surface area contributed by atoms with Gasteiger partial charge in [0, 0.05) is 5.57 Å². The van der Waals surface area contributed by atoms with Gasteiger partial charge in [0.2, 0.25) is 0 Å². The number of rotatable bonds is 9. The number of hydrogen-bond acceptors (Lipinski definition) is 4. The van der Waals surface area contributed by atoms with Crippen molar-refractivity contribution in [2.24, 2.45) is 11.7 Å². The van der Waals surface area contributed by atoms with Crippen LogP contribution in [0.4, 0.5) is 0 Å². The van der Waals surface area contributed by atoms with Gasteiger partial charge in [-0.05, 0) is 59.4 Å². The quantitative estimate of drug-likeness (QED) is 0.522. The predicted molar refractivity (Wildman–Crippen MR) is 82.5 cm³/mol. The number of carbonyl (C=O) groups excluding carboxylic acids is 1. The van der Waals surface area contributed by atoms with Gasteiger partial charge in [-0.3, -0.25) is 0 Å². The zero-order valence-corrected chi connectivity index (χ0v) is 13.7. The summed E-state index contributed by atoms with van der Waals surface area (Å²) in [6.45, 7) is 14.8. The van der Waals surface area contributed by atoms with E-state index in [-0.39, 0.29) is 17.7 Å². The Hall–Kier alpha value is -0.870. The predicted octanol–water partition coefficient (Wildman–Crippen LogP) is 3.05. The van der Waals surface area contributed by atoms with E-state index in [9.17, 15) is 4.79 Å². The molecule has 0 heterocycles. The molecule has 0 aliphatic heterocycles. The van der Waals surface area contributed by atoms with Crippen molar-refractivity contribution in [3.05, 3.63) is 12.2 Å². The van der Waals surface area contributed by atoms with Crippen LogP contribution in [0.3, 0.4) is 0 Å². The van der Waals surface area contributed by atoms with E-state index in [0.717, 1.165) is 12.8 Å². The van der Waals surface area contributed by atoms with Crippen molar-refractivity contribution < 1.29 is 14.3 Å². The number of esters is 1. The summed E-state index contributed by atoms with van der Waals surface area (Å²) in [5.74, 6) is -0.00209. The Morgan fingerprint density at radius 1 is 1.35 bits per heavy atom. The van der Waals surface area contributed by atoms with Crippen LogP contribution in [0.5, 0.6) is 0 Å². The van der Waals surface area contributed by atoms with Crippen molar-refractivity contribution in [2.75, 3.05) is 13.2 Å². The van der Waals surface area contributed by atoms with Crippen LogP contribution in [0, 0.1) is 5.92 Å². The third-order valence-electron chi connectivity index (χ3n) is 3.04. The molecule has 0 aromatic carbocycles. The molecule has 4 heteroatoms. The van der Waals surface area contributed by atoms with Crippen molar-refractivity contribution in [2.45, 2.75) is 65.6 Å². The highest BCUT2D eigenvalue weighted by Crippen LogP contribution is 2.22. The molecule has 0 fully saturated rings. The highest BCUT2D eigenvalue weighted by Gasteiger charge is 2.23. The van der Waals surface area contributed by atoms with Crippen molar-refractivity contribution in [3.8, 4) is 0 Å². The topological polar surface area (TPSA) is 61.5 Å². The number of ether oxygens (including phenoxy) is 2. The highest BCUT2D eigenvalue weighted by molar-refractivity contribution is 5.87. The van der Waals surface area contributed by atoms with Crippen LogP contribution in [0.1, 0.15) is 53.9 Å². The normalized spacial score (nSPS) is 14.7. The first-order valence-corrected chi connectivity index (χ1v) is 7.44. The Labute approximate surface area is 123 Å². The maximum atomic E-state index is 11.5. The lowest BCUT2D eigenvalue weighted by Gasteiger charge is -2.31. The zero-order chi connectivity index (χ0) is 15.8. The van der Waals surface area contributed by atoms with Crippen LogP contribution in [0.15, 0.2) is 12.2 Å². The van der Waals surface area contributed by atoms with E-state index in [1.54, 1.807) is 6.92 Å². The first kappa shape index (κ1) is 19.1. The Balaban J connectivity index is 4.27. The molecule has 0 radical (unpaired) electrons. The number of nitrogens with two attached hydrogens (primary N) is 1. The number of carbonyl (C=O) groups is 1. The van der Waals surface area contributed by atoms with Crippen molar-refractivity contribution in [3.63, 3.8) is 0 Å². The molecule has 2 N–H and O–H groups in total. The van der Waals surface area contributed by atoms with E-state index in [1.165, 1.54) is 0 Å². The van der Waals surface area contributed by atoms with Crippen LogP contribution in [-0.2, 0) is 14.3 Å². The summed E-state index contributed by atoms with van der Waals surface area (Å²) in [6, 6.07) is 0. The van der Waals surface area contributed by atoms with Gasteiger partial charge in [-0.2, -0.15) is 0 Å². The van der Waals surface area contributed by atoms with E-state index >= 15 is 0 Å². The summed E-state index contributed by atoms with van der Waals surface area (Å²) in [6.07, 6.45) is 2.46. The minimum atomic E-state index is -0.298.